The average Bonchev–Trinajstić information content (AvgIpc) is 3.56. The zero-order valence-electron chi connectivity index (χ0n) is 35.3. The topological polar surface area (TPSA) is 102 Å². The minimum absolute atomic E-state index is 0.0946. The van der Waals surface area contributed by atoms with Crippen molar-refractivity contribution in [3.8, 4) is 0 Å². The van der Waals surface area contributed by atoms with Gasteiger partial charge in [-0.2, -0.15) is 16.8 Å². The van der Waals surface area contributed by atoms with Crippen molar-refractivity contribution in [2.75, 3.05) is 37.1 Å². The number of aryl methyl sites for hydroxylation is 2. The van der Waals surface area contributed by atoms with Crippen molar-refractivity contribution in [1.82, 2.24) is 4.57 Å². The number of imidazole rings is 1. The van der Waals surface area contributed by atoms with Crippen LogP contribution in [-0.4, -0.2) is 48.7 Å². The standard InChI is InChI=1S/C46H55N4O6S2/c1-45(2,3)29-55-57(51,52)39-18-12-16-35-33(39)22-24-37-43(35)49(9)41(47(37)7)26-20-31-14-11-15-32(28-31)21-27-42-48(8)38-25-23-34-36(44(38)50(42)10)17-13-19-40(34)58(53,54)56-30-46(4,5)6/h12-13,16-28H,11,14-15,29-30H2,1-10H3/q+1. The van der Waals surface area contributed by atoms with E-state index in [0.29, 0.717) is 10.8 Å². The van der Waals surface area contributed by atoms with Gasteiger partial charge in [-0.05, 0) is 83.7 Å². The molecule has 1 aliphatic heterocycles. The highest BCUT2D eigenvalue weighted by Crippen LogP contribution is 2.46. The van der Waals surface area contributed by atoms with Gasteiger partial charge < -0.3 is 9.80 Å². The fraction of sp³-hybridized carbons (Fsp3) is 0.370. The van der Waals surface area contributed by atoms with Crippen LogP contribution in [0, 0.1) is 10.8 Å². The molecule has 0 atom stereocenters. The third-order valence-corrected chi connectivity index (χ3v) is 13.4. The molecule has 0 N–H and O–H groups in total. The Labute approximate surface area is 343 Å². The van der Waals surface area contributed by atoms with E-state index in [1.807, 2.05) is 106 Å². The van der Waals surface area contributed by atoms with Gasteiger partial charge in [0.1, 0.15) is 15.6 Å². The molecule has 306 valence electrons. The summed E-state index contributed by atoms with van der Waals surface area (Å²) >= 11 is 0. The van der Waals surface area contributed by atoms with Crippen LogP contribution in [0.1, 0.15) is 66.6 Å². The quantitative estimate of drug-likeness (QED) is 0.107. The van der Waals surface area contributed by atoms with Crippen molar-refractivity contribution >= 4 is 70.3 Å². The van der Waals surface area contributed by atoms with E-state index in [0.717, 1.165) is 64.1 Å². The van der Waals surface area contributed by atoms with Crippen LogP contribution >= 0.6 is 0 Å². The number of fused-ring (bicyclic) bond motifs is 6. The summed E-state index contributed by atoms with van der Waals surface area (Å²) in [5.74, 6) is 1.96. The van der Waals surface area contributed by atoms with Gasteiger partial charge >= 0.3 is 0 Å². The Morgan fingerprint density at radius 2 is 1.28 bits per heavy atom. The van der Waals surface area contributed by atoms with Crippen LogP contribution in [0.2, 0.25) is 0 Å². The Morgan fingerprint density at radius 1 is 0.690 bits per heavy atom. The van der Waals surface area contributed by atoms with Crippen LogP contribution in [-0.2, 0) is 42.7 Å². The first kappa shape index (κ1) is 41.4. The van der Waals surface area contributed by atoms with Crippen molar-refractivity contribution in [1.29, 1.82) is 0 Å². The molecule has 2 aliphatic rings. The highest BCUT2D eigenvalue weighted by atomic mass is 32.2. The van der Waals surface area contributed by atoms with Gasteiger partial charge in [-0.25, -0.2) is 9.13 Å². The largest absolute Gasteiger partial charge is 0.329 e. The van der Waals surface area contributed by atoms with E-state index in [1.54, 1.807) is 24.3 Å². The van der Waals surface area contributed by atoms with Crippen molar-refractivity contribution < 1.29 is 29.8 Å². The molecule has 0 fully saturated rings. The summed E-state index contributed by atoms with van der Waals surface area (Å²) in [5.41, 5.74) is 5.74. The first-order valence-electron chi connectivity index (χ1n) is 19.7. The maximum atomic E-state index is 13.3. The van der Waals surface area contributed by atoms with Gasteiger partial charge in [0.15, 0.2) is 11.0 Å². The van der Waals surface area contributed by atoms with Crippen LogP contribution in [0.5, 0.6) is 0 Å². The van der Waals surface area contributed by atoms with E-state index in [9.17, 15) is 16.8 Å². The van der Waals surface area contributed by atoms with Crippen LogP contribution in [0.4, 0.5) is 11.4 Å². The molecule has 0 saturated carbocycles. The lowest BCUT2D eigenvalue weighted by Crippen LogP contribution is -2.31. The lowest BCUT2D eigenvalue weighted by Gasteiger charge is -2.19. The molecule has 2 heterocycles. The van der Waals surface area contributed by atoms with Gasteiger partial charge in [0.05, 0.1) is 38.7 Å². The summed E-state index contributed by atoms with van der Waals surface area (Å²) in [6.45, 7) is 11.9. The Kier molecular flexibility index (Phi) is 10.8. The Balaban J connectivity index is 1.16. The summed E-state index contributed by atoms with van der Waals surface area (Å²) in [6, 6.07) is 18.4. The number of benzene rings is 4. The number of hydrogen-bond donors (Lipinski definition) is 0. The summed E-state index contributed by atoms with van der Waals surface area (Å²) in [4.78, 5) is 4.60. The lowest BCUT2D eigenvalue weighted by molar-refractivity contribution is -0.646. The second kappa shape index (κ2) is 15.1. The molecule has 0 radical (unpaired) electrons. The summed E-state index contributed by atoms with van der Waals surface area (Å²) in [5, 5.41) is 2.96. The number of anilines is 2. The Bertz CT molecular complexity index is 2820. The molecule has 0 bridgehead atoms. The highest BCUT2D eigenvalue weighted by molar-refractivity contribution is 7.87. The van der Waals surface area contributed by atoms with E-state index < -0.39 is 20.2 Å². The van der Waals surface area contributed by atoms with Crippen LogP contribution in [0.15, 0.2) is 112 Å². The van der Waals surface area contributed by atoms with Gasteiger partial charge in [-0.3, -0.25) is 8.37 Å². The Morgan fingerprint density at radius 3 is 1.90 bits per heavy atom. The molecule has 10 nitrogen and oxygen atoms in total. The van der Waals surface area contributed by atoms with Gasteiger partial charge in [-0.15, -0.1) is 0 Å². The smallest absolute Gasteiger partial charge is 0.297 e. The molecule has 1 aromatic heterocycles. The molecule has 0 amide bonds. The molecule has 58 heavy (non-hydrogen) atoms. The van der Waals surface area contributed by atoms with Gasteiger partial charge in [-0.1, -0.05) is 84.0 Å². The van der Waals surface area contributed by atoms with E-state index in [-0.39, 0.29) is 33.8 Å². The predicted octanol–water partition coefficient (Wildman–Crippen LogP) is 9.29. The average molecular weight is 824 g/mol. The third-order valence-electron chi connectivity index (χ3n) is 10.7. The third kappa shape index (κ3) is 7.99. The van der Waals surface area contributed by atoms with E-state index in [4.69, 9.17) is 8.37 Å². The van der Waals surface area contributed by atoms with Gasteiger partial charge in [0, 0.05) is 41.7 Å². The maximum Gasteiger partial charge on any atom is 0.297 e. The number of aromatic nitrogens is 2. The highest BCUT2D eigenvalue weighted by Gasteiger charge is 2.31. The normalized spacial score (nSPS) is 17.2. The SMILES string of the molecule is CN1C(=CC=C2C=C(C=Cc3n(C)c4ccc5c(S(=O)(=O)OCC(C)(C)C)cccc5c4[n+]3C)CCC2)N(C)c2c1ccc1c(S(=O)(=O)OCC(C)(C)C)cccc21. The van der Waals surface area contributed by atoms with E-state index in [1.165, 1.54) is 11.1 Å². The molecule has 1 aliphatic carbocycles. The summed E-state index contributed by atoms with van der Waals surface area (Å²) in [7, 11) is 0.169. The van der Waals surface area contributed by atoms with Gasteiger partial charge in [0.2, 0.25) is 0 Å². The fourth-order valence-electron chi connectivity index (χ4n) is 7.80. The first-order valence-corrected chi connectivity index (χ1v) is 22.5. The van der Waals surface area contributed by atoms with Crippen LogP contribution in [0.3, 0.4) is 0 Å². The summed E-state index contributed by atoms with van der Waals surface area (Å²) in [6.07, 6.45) is 13.8. The van der Waals surface area contributed by atoms with Gasteiger partial charge in [0.25, 0.3) is 26.1 Å². The monoisotopic (exact) mass is 823 g/mol. The number of hydrogen-bond acceptors (Lipinski definition) is 8. The molecule has 5 aromatic rings. The Hall–Kier alpha value is -4.75. The lowest BCUT2D eigenvalue weighted by atomic mass is 9.94. The zero-order valence-corrected chi connectivity index (χ0v) is 36.9. The number of rotatable bonds is 9. The summed E-state index contributed by atoms with van der Waals surface area (Å²) < 4.78 is 68.6. The molecule has 0 saturated heterocycles. The van der Waals surface area contributed by atoms with Crippen LogP contribution < -0.4 is 14.4 Å². The minimum atomic E-state index is -3.96. The van der Waals surface area contributed by atoms with Crippen molar-refractivity contribution in [3.63, 3.8) is 0 Å². The van der Waals surface area contributed by atoms with E-state index >= 15 is 0 Å². The molecular weight excluding hydrogens is 769 g/mol. The number of nitrogens with zero attached hydrogens (tertiary/aromatic N) is 4. The van der Waals surface area contributed by atoms with Crippen molar-refractivity contribution in [2.45, 2.75) is 70.6 Å². The van der Waals surface area contributed by atoms with Crippen molar-refractivity contribution in [3.05, 3.63) is 108 Å². The molecule has 7 rings (SSSR count). The minimum Gasteiger partial charge on any atom is -0.329 e. The van der Waals surface area contributed by atoms with Crippen LogP contribution in [0.25, 0.3) is 38.7 Å². The zero-order chi connectivity index (χ0) is 41.9. The first-order chi connectivity index (χ1) is 27.2. The van der Waals surface area contributed by atoms with E-state index in [2.05, 4.69) is 49.3 Å². The number of allylic oxidation sites excluding steroid dienone is 6. The molecule has 0 spiro atoms. The fourth-order valence-corrected chi connectivity index (χ4v) is 10.5. The molecule has 4 aromatic carbocycles. The second-order valence-corrected chi connectivity index (χ2v) is 21.1. The molecular formula is C46H55N4O6S2+. The predicted molar refractivity (Wildman–Crippen MR) is 235 cm³/mol. The molecule has 12 heteroatoms. The molecule has 0 unspecified atom stereocenters. The van der Waals surface area contributed by atoms with Crippen molar-refractivity contribution in [2.24, 2.45) is 24.9 Å². The maximum absolute atomic E-state index is 13.3. The second-order valence-electron chi connectivity index (χ2n) is 17.9.